The number of carbonyl (C=O) groups excluding carboxylic acids is 2. The van der Waals surface area contributed by atoms with Crippen LogP contribution >= 0.6 is 15.9 Å². The van der Waals surface area contributed by atoms with Crippen molar-refractivity contribution < 1.29 is 18.0 Å². The zero-order valence-corrected chi connectivity index (χ0v) is 22.2. The smallest absolute Gasteiger partial charge is 0.244 e. The molecule has 2 amide bonds. The molecule has 0 saturated heterocycles. The quantitative estimate of drug-likeness (QED) is 0.499. The second kappa shape index (κ2) is 11.7. The van der Waals surface area contributed by atoms with Crippen molar-refractivity contribution in [2.75, 3.05) is 23.7 Å². The van der Waals surface area contributed by atoms with Gasteiger partial charge in [0, 0.05) is 17.6 Å². The molecule has 0 saturated carbocycles. The topological polar surface area (TPSA) is 86.8 Å². The molecule has 33 heavy (non-hydrogen) atoms. The molecular formula is C24H32BrN3O4S. The summed E-state index contributed by atoms with van der Waals surface area (Å²) < 4.78 is 27.1. The van der Waals surface area contributed by atoms with Gasteiger partial charge < -0.3 is 10.2 Å². The molecule has 0 heterocycles. The summed E-state index contributed by atoms with van der Waals surface area (Å²) in [6, 6.07) is 11.9. The second-order valence-electron chi connectivity index (χ2n) is 8.16. The van der Waals surface area contributed by atoms with Gasteiger partial charge in [-0.2, -0.15) is 0 Å². The fourth-order valence-corrected chi connectivity index (χ4v) is 4.59. The summed E-state index contributed by atoms with van der Waals surface area (Å²) >= 11 is 3.43. The number of benzene rings is 2. The van der Waals surface area contributed by atoms with Gasteiger partial charge in [-0.25, -0.2) is 8.42 Å². The lowest BCUT2D eigenvalue weighted by atomic mass is 10.1. The number of sulfonamides is 1. The summed E-state index contributed by atoms with van der Waals surface area (Å²) in [5, 5.41) is 2.82. The van der Waals surface area contributed by atoms with Crippen LogP contribution < -0.4 is 9.62 Å². The van der Waals surface area contributed by atoms with E-state index < -0.39 is 28.5 Å². The van der Waals surface area contributed by atoms with Crippen LogP contribution in [0.3, 0.4) is 0 Å². The minimum atomic E-state index is -3.74. The average molecular weight is 539 g/mol. The Hall–Kier alpha value is -2.39. The van der Waals surface area contributed by atoms with Crippen molar-refractivity contribution >= 4 is 43.5 Å². The SMILES string of the molecule is CCCNC(=O)[C@H](C)N(Cc1cccc(Br)c1)C(=O)CN(c1ccc(C)c(C)c1)S(C)(=O)=O. The van der Waals surface area contributed by atoms with Crippen molar-refractivity contribution in [2.45, 2.75) is 46.7 Å². The summed E-state index contributed by atoms with van der Waals surface area (Å²) in [6.07, 6.45) is 1.85. The largest absolute Gasteiger partial charge is 0.354 e. The summed E-state index contributed by atoms with van der Waals surface area (Å²) in [4.78, 5) is 27.6. The van der Waals surface area contributed by atoms with Crippen molar-refractivity contribution in [1.82, 2.24) is 10.2 Å². The lowest BCUT2D eigenvalue weighted by Gasteiger charge is -2.31. The number of halogens is 1. The highest BCUT2D eigenvalue weighted by atomic mass is 79.9. The molecule has 0 radical (unpaired) electrons. The predicted molar refractivity (Wildman–Crippen MR) is 136 cm³/mol. The molecule has 7 nitrogen and oxygen atoms in total. The van der Waals surface area contributed by atoms with Gasteiger partial charge in [-0.05, 0) is 68.1 Å². The Bertz CT molecular complexity index is 1100. The third-order valence-corrected chi connectivity index (χ3v) is 7.05. The molecule has 0 unspecified atom stereocenters. The van der Waals surface area contributed by atoms with Crippen LogP contribution in [0.5, 0.6) is 0 Å². The summed E-state index contributed by atoms with van der Waals surface area (Å²) in [5.41, 5.74) is 3.19. The van der Waals surface area contributed by atoms with Crippen LogP contribution in [0.2, 0.25) is 0 Å². The van der Waals surface area contributed by atoms with Crippen LogP contribution in [-0.2, 0) is 26.2 Å². The molecule has 1 N–H and O–H groups in total. The third-order valence-electron chi connectivity index (χ3n) is 5.42. The van der Waals surface area contributed by atoms with Crippen LogP contribution in [0.25, 0.3) is 0 Å². The first kappa shape index (κ1) is 26.9. The van der Waals surface area contributed by atoms with E-state index in [-0.39, 0.29) is 12.5 Å². The fraction of sp³-hybridized carbons (Fsp3) is 0.417. The third kappa shape index (κ3) is 7.57. The number of amides is 2. The van der Waals surface area contributed by atoms with E-state index in [1.807, 2.05) is 51.1 Å². The van der Waals surface area contributed by atoms with E-state index in [0.29, 0.717) is 12.2 Å². The molecule has 0 aliphatic heterocycles. The maximum absolute atomic E-state index is 13.5. The highest BCUT2D eigenvalue weighted by molar-refractivity contribution is 9.10. The molecule has 2 aromatic carbocycles. The molecule has 0 aromatic heterocycles. The number of carbonyl (C=O) groups is 2. The number of anilines is 1. The van der Waals surface area contributed by atoms with Gasteiger partial charge in [-0.3, -0.25) is 13.9 Å². The summed E-state index contributed by atoms with van der Waals surface area (Å²) in [5.74, 6) is -0.741. The Morgan fingerprint density at radius 3 is 2.36 bits per heavy atom. The average Bonchev–Trinajstić information content (AvgIpc) is 2.74. The molecule has 9 heteroatoms. The normalized spacial score (nSPS) is 12.2. The van der Waals surface area contributed by atoms with Gasteiger partial charge in [0.05, 0.1) is 11.9 Å². The first-order chi connectivity index (χ1) is 15.4. The minimum Gasteiger partial charge on any atom is -0.354 e. The van der Waals surface area contributed by atoms with Crippen LogP contribution in [0.1, 0.15) is 37.0 Å². The Kier molecular flexibility index (Phi) is 9.48. The van der Waals surface area contributed by atoms with Gasteiger partial charge in [0.1, 0.15) is 12.6 Å². The molecule has 2 aromatic rings. The van der Waals surface area contributed by atoms with Crippen LogP contribution in [0.4, 0.5) is 5.69 Å². The molecule has 0 aliphatic rings. The molecule has 0 aliphatic carbocycles. The van der Waals surface area contributed by atoms with Crippen LogP contribution in [0.15, 0.2) is 46.9 Å². The van der Waals surface area contributed by atoms with E-state index in [2.05, 4.69) is 21.2 Å². The van der Waals surface area contributed by atoms with Crippen molar-refractivity contribution in [3.63, 3.8) is 0 Å². The number of nitrogens with zero attached hydrogens (tertiary/aromatic N) is 2. The van der Waals surface area contributed by atoms with Crippen molar-refractivity contribution in [1.29, 1.82) is 0 Å². The standard InChI is InChI=1S/C24H32BrN3O4S/c1-6-12-26-24(30)19(4)27(15-20-8-7-9-21(25)14-20)23(29)16-28(33(5,31)32)22-11-10-17(2)18(3)13-22/h7-11,13-14,19H,6,12,15-16H2,1-5H3,(H,26,30)/t19-/m0/s1. The monoisotopic (exact) mass is 537 g/mol. The Morgan fingerprint density at radius 1 is 1.09 bits per heavy atom. The lowest BCUT2D eigenvalue weighted by Crippen LogP contribution is -2.51. The zero-order chi connectivity index (χ0) is 24.8. The Morgan fingerprint density at radius 2 is 1.79 bits per heavy atom. The number of nitrogens with one attached hydrogen (secondary N) is 1. The molecule has 180 valence electrons. The van der Waals surface area contributed by atoms with E-state index in [1.54, 1.807) is 19.1 Å². The summed E-state index contributed by atoms with van der Waals surface area (Å²) in [6.45, 7) is 7.70. The van der Waals surface area contributed by atoms with Crippen molar-refractivity contribution in [2.24, 2.45) is 0 Å². The molecule has 2 rings (SSSR count). The molecule has 0 fully saturated rings. The molecule has 1 atom stereocenters. The number of rotatable bonds is 10. The van der Waals surface area contributed by atoms with Gasteiger partial charge in [-0.15, -0.1) is 0 Å². The Labute approximate surface area is 205 Å². The molecule has 0 spiro atoms. The van der Waals surface area contributed by atoms with Gasteiger partial charge >= 0.3 is 0 Å². The van der Waals surface area contributed by atoms with E-state index >= 15 is 0 Å². The molecular weight excluding hydrogens is 506 g/mol. The number of hydrogen-bond donors (Lipinski definition) is 1. The van der Waals surface area contributed by atoms with Gasteiger partial charge in [0.15, 0.2) is 0 Å². The fourth-order valence-electron chi connectivity index (χ4n) is 3.30. The van der Waals surface area contributed by atoms with E-state index in [1.165, 1.54) is 4.90 Å². The lowest BCUT2D eigenvalue weighted by molar-refractivity contribution is -0.139. The maximum Gasteiger partial charge on any atom is 0.244 e. The Balaban J connectivity index is 2.39. The minimum absolute atomic E-state index is 0.170. The van der Waals surface area contributed by atoms with Gasteiger partial charge in [0.25, 0.3) is 0 Å². The van der Waals surface area contributed by atoms with Gasteiger partial charge in [0.2, 0.25) is 21.8 Å². The van der Waals surface area contributed by atoms with Crippen LogP contribution in [0, 0.1) is 13.8 Å². The molecule has 0 bridgehead atoms. The number of aryl methyl sites for hydroxylation is 2. The van der Waals surface area contributed by atoms with Crippen molar-refractivity contribution in [3.8, 4) is 0 Å². The van der Waals surface area contributed by atoms with Gasteiger partial charge in [-0.1, -0.05) is 41.1 Å². The maximum atomic E-state index is 13.5. The van der Waals surface area contributed by atoms with E-state index in [0.717, 1.165) is 38.1 Å². The first-order valence-electron chi connectivity index (χ1n) is 10.8. The van der Waals surface area contributed by atoms with E-state index in [4.69, 9.17) is 0 Å². The highest BCUT2D eigenvalue weighted by Crippen LogP contribution is 2.22. The predicted octanol–water partition coefficient (Wildman–Crippen LogP) is 3.78. The zero-order valence-electron chi connectivity index (χ0n) is 19.8. The van der Waals surface area contributed by atoms with Crippen molar-refractivity contribution in [3.05, 3.63) is 63.6 Å². The second-order valence-corrected chi connectivity index (χ2v) is 11.0. The van der Waals surface area contributed by atoms with E-state index in [9.17, 15) is 18.0 Å². The number of hydrogen-bond acceptors (Lipinski definition) is 4. The first-order valence-corrected chi connectivity index (χ1v) is 13.4. The summed E-state index contributed by atoms with van der Waals surface area (Å²) in [7, 11) is -3.74. The van der Waals surface area contributed by atoms with Crippen LogP contribution in [-0.4, -0.2) is 50.5 Å². The highest BCUT2D eigenvalue weighted by Gasteiger charge is 2.30.